The van der Waals surface area contributed by atoms with E-state index in [0.717, 1.165) is 36.2 Å². The number of carbonyl (C=O) groups is 1. The second kappa shape index (κ2) is 9.15. The Kier molecular flexibility index (Phi) is 6.12. The Labute approximate surface area is 192 Å². The van der Waals surface area contributed by atoms with E-state index in [9.17, 15) is 4.79 Å². The van der Waals surface area contributed by atoms with Crippen LogP contribution in [-0.2, 0) is 4.79 Å². The first-order chi connectivity index (χ1) is 15.8. The molecule has 1 atom stereocenters. The normalized spacial score (nSPS) is 15.8. The SMILES string of the molecule is Cc1ccc(NC(=O)C2CCCN(c3cc(-c4ccc(C(=N)N)c(N)c4)nc(N)n3)C2)cc1. The van der Waals surface area contributed by atoms with Crippen molar-refractivity contribution in [2.45, 2.75) is 19.8 Å². The van der Waals surface area contributed by atoms with Crippen molar-refractivity contribution in [3.05, 3.63) is 59.7 Å². The van der Waals surface area contributed by atoms with Crippen LogP contribution in [0.2, 0.25) is 0 Å². The van der Waals surface area contributed by atoms with Gasteiger partial charge in [-0.2, -0.15) is 4.98 Å². The van der Waals surface area contributed by atoms with Gasteiger partial charge in [0.1, 0.15) is 11.7 Å². The van der Waals surface area contributed by atoms with Crippen molar-refractivity contribution in [1.82, 2.24) is 9.97 Å². The number of anilines is 4. The summed E-state index contributed by atoms with van der Waals surface area (Å²) in [7, 11) is 0. The molecular weight excluding hydrogens is 416 g/mol. The molecule has 9 nitrogen and oxygen atoms in total. The highest BCUT2D eigenvalue weighted by Gasteiger charge is 2.27. The molecule has 8 N–H and O–H groups in total. The van der Waals surface area contributed by atoms with Crippen molar-refractivity contribution in [2.24, 2.45) is 11.7 Å². The number of nitrogen functional groups attached to an aromatic ring is 3. The van der Waals surface area contributed by atoms with Crippen molar-refractivity contribution in [3.63, 3.8) is 0 Å². The number of nitrogens with two attached hydrogens (primary N) is 3. The van der Waals surface area contributed by atoms with Gasteiger partial charge in [0.05, 0.1) is 11.6 Å². The first kappa shape index (κ1) is 22.1. The summed E-state index contributed by atoms with van der Waals surface area (Å²) in [4.78, 5) is 23.7. The second-order valence-electron chi connectivity index (χ2n) is 8.33. The average molecular weight is 445 g/mol. The lowest BCUT2D eigenvalue weighted by Crippen LogP contribution is -2.41. The molecule has 0 bridgehead atoms. The fraction of sp³-hybridized carbons (Fsp3) is 0.250. The van der Waals surface area contributed by atoms with Gasteiger partial charge in [-0.1, -0.05) is 23.8 Å². The van der Waals surface area contributed by atoms with Gasteiger partial charge in [-0.05, 0) is 44.0 Å². The van der Waals surface area contributed by atoms with Gasteiger partial charge < -0.3 is 27.4 Å². The van der Waals surface area contributed by atoms with Crippen molar-refractivity contribution in [3.8, 4) is 11.3 Å². The molecule has 2 aromatic carbocycles. The van der Waals surface area contributed by atoms with Crippen LogP contribution < -0.4 is 27.4 Å². The second-order valence-corrected chi connectivity index (χ2v) is 8.33. The number of amides is 1. The summed E-state index contributed by atoms with van der Waals surface area (Å²) in [6.07, 6.45) is 1.68. The third kappa shape index (κ3) is 5.03. The first-order valence-electron chi connectivity index (χ1n) is 10.8. The lowest BCUT2D eigenvalue weighted by Gasteiger charge is -2.33. The monoisotopic (exact) mass is 444 g/mol. The van der Waals surface area contributed by atoms with Gasteiger partial charge in [0.2, 0.25) is 11.9 Å². The fourth-order valence-electron chi connectivity index (χ4n) is 4.01. The topological polar surface area (TPSA) is 160 Å². The van der Waals surface area contributed by atoms with Gasteiger partial charge in [-0.25, -0.2) is 4.98 Å². The number of nitrogens with one attached hydrogen (secondary N) is 2. The highest BCUT2D eigenvalue weighted by molar-refractivity contribution is 6.00. The minimum absolute atomic E-state index is 0.00148. The van der Waals surface area contributed by atoms with E-state index in [4.69, 9.17) is 22.6 Å². The average Bonchev–Trinajstić information content (AvgIpc) is 2.80. The number of amidine groups is 1. The number of hydrogen-bond acceptors (Lipinski definition) is 7. The quantitative estimate of drug-likeness (QED) is 0.230. The number of nitrogens with zero attached hydrogens (tertiary/aromatic N) is 3. The largest absolute Gasteiger partial charge is 0.398 e. The maximum Gasteiger partial charge on any atom is 0.229 e. The van der Waals surface area contributed by atoms with Crippen molar-refractivity contribution in [1.29, 1.82) is 5.41 Å². The van der Waals surface area contributed by atoms with Crippen LogP contribution in [0, 0.1) is 18.3 Å². The fourth-order valence-corrected chi connectivity index (χ4v) is 4.01. The van der Waals surface area contributed by atoms with E-state index in [-0.39, 0.29) is 23.6 Å². The van der Waals surface area contributed by atoms with E-state index in [1.54, 1.807) is 18.2 Å². The van der Waals surface area contributed by atoms with E-state index in [1.165, 1.54) is 0 Å². The Morgan fingerprint density at radius 2 is 1.88 bits per heavy atom. The van der Waals surface area contributed by atoms with Crippen LogP contribution in [0.15, 0.2) is 48.5 Å². The standard InChI is InChI=1S/C24H28N8O/c1-14-4-7-17(8-5-14)29-23(33)16-3-2-10-32(13-16)21-12-20(30-24(28)31-21)15-6-9-18(22(26)27)19(25)11-15/h4-9,11-12,16H,2-3,10,13,25H2,1H3,(H3,26,27)(H,29,33)(H2,28,30,31). The summed E-state index contributed by atoms with van der Waals surface area (Å²) in [5.41, 5.74) is 21.8. The van der Waals surface area contributed by atoms with Gasteiger partial charge in [0.15, 0.2) is 0 Å². The molecule has 2 heterocycles. The summed E-state index contributed by atoms with van der Waals surface area (Å²) in [6, 6.07) is 14.8. The van der Waals surface area contributed by atoms with E-state index in [0.29, 0.717) is 29.3 Å². The zero-order chi connectivity index (χ0) is 23.5. The Hall–Kier alpha value is -4.14. The Bertz CT molecular complexity index is 1190. The predicted octanol–water partition coefficient (Wildman–Crippen LogP) is 2.76. The summed E-state index contributed by atoms with van der Waals surface area (Å²) < 4.78 is 0. The van der Waals surface area contributed by atoms with Crippen molar-refractivity contribution >= 4 is 34.9 Å². The van der Waals surface area contributed by atoms with Crippen LogP contribution in [0.4, 0.5) is 23.1 Å². The maximum absolute atomic E-state index is 12.9. The molecule has 0 radical (unpaired) electrons. The molecular formula is C24H28N8O. The van der Waals surface area contributed by atoms with Crippen LogP contribution in [0.25, 0.3) is 11.3 Å². The first-order valence-corrected chi connectivity index (χ1v) is 10.8. The predicted molar refractivity (Wildman–Crippen MR) is 132 cm³/mol. The lowest BCUT2D eigenvalue weighted by atomic mass is 9.97. The number of rotatable bonds is 5. The van der Waals surface area contributed by atoms with Crippen molar-refractivity contribution in [2.75, 3.05) is 34.8 Å². The summed E-state index contributed by atoms with van der Waals surface area (Å²) in [5, 5.41) is 10.6. The maximum atomic E-state index is 12.9. The number of carbonyl (C=O) groups excluding carboxylic acids is 1. The molecule has 9 heteroatoms. The van der Waals surface area contributed by atoms with E-state index in [2.05, 4.69) is 20.2 Å². The van der Waals surface area contributed by atoms with Gasteiger partial charge in [0.25, 0.3) is 0 Å². The number of benzene rings is 2. The molecule has 1 aliphatic rings. The molecule has 0 saturated carbocycles. The third-order valence-electron chi connectivity index (χ3n) is 5.80. The molecule has 1 fully saturated rings. The Morgan fingerprint density at radius 1 is 1.12 bits per heavy atom. The number of aryl methyl sites for hydroxylation is 1. The number of hydrogen-bond donors (Lipinski definition) is 5. The zero-order valence-corrected chi connectivity index (χ0v) is 18.5. The van der Waals surface area contributed by atoms with Crippen LogP contribution in [0.5, 0.6) is 0 Å². The Morgan fingerprint density at radius 3 is 2.58 bits per heavy atom. The molecule has 4 rings (SSSR count). The third-order valence-corrected chi connectivity index (χ3v) is 5.80. The highest BCUT2D eigenvalue weighted by Crippen LogP contribution is 2.28. The molecule has 33 heavy (non-hydrogen) atoms. The molecule has 0 aliphatic carbocycles. The lowest BCUT2D eigenvalue weighted by molar-refractivity contribution is -0.120. The van der Waals surface area contributed by atoms with Crippen LogP contribution in [-0.4, -0.2) is 34.8 Å². The van der Waals surface area contributed by atoms with Crippen LogP contribution >= 0.6 is 0 Å². The van der Waals surface area contributed by atoms with Crippen molar-refractivity contribution < 1.29 is 4.79 Å². The highest BCUT2D eigenvalue weighted by atomic mass is 16.1. The molecule has 3 aromatic rings. The van der Waals surface area contributed by atoms with E-state index < -0.39 is 0 Å². The van der Waals surface area contributed by atoms with Gasteiger partial charge in [-0.3, -0.25) is 10.2 Å². The summed E-state index contributed by atoms with van der Waals surface area (Å²) >= 11 is 0. The minimum atomic E-state index is -0.162. The molecule has 0 spiro atoms. The molecule has 1 aliphatic heterocycles. The summed E-state index contributed by atoms with van der Waals surface area (Å²) in [5.74, 6) is 0.552. The molecule has 1 aromatic heterocycles. The van der Waals surface area contributed by atoms with Crippen LogP contribution in [0.3, 0.4) is 0 Å². The van der Waals surface area contributed by atoms with E-state index >= 15 is 0 Å². The minimum Gasteiger partial charge on any atom is -0.398 e. The smallest absolute Gasteiger partial charge is 0.229 e. The van der Waals surface area contributed by atoms with Gasteiger partial charge in [0, 0.05) is 41.7 Å². The number of piperidine rings is 1. The molecule has 1 amide bonds. The molecule has 1 unspecified atom stereocenters. The molecule has 170 valence electrons. The van der Waals surface area contributed by atoms with E-state index in [1.807, 2.05) is 37.3 Å². The Balaban J connectivity index is 1.53. The van der Waals surface area contributed by atoms with Crippen LogP contribution in [0.1, 0.15) is 24.0 Å². The zero-order valence-electron chi connectivity index (χ0n) is 18.5. The summed E-state index contributed by atoms with van der Waals surface area (Å²) in [6.45, 7) is 3.33. The number of aromatic nitrogens is 2. The van der Waals surface area contributed by atoms with Gasteiger partial charge in [-0.15, -0.1) is 0 Å². The van der Waals surface area contributed by atoms with Gasteiger partial charge >= 0.3 is 0 Å². The molecule has 1 saturated heterocycles.